The average molecular weight is 502 g/mol. The van der Waals surface area contributed by atoms with E-state index in [-0.39, 0.29) is 17.6 Å². The van der Waals surface area contributed by atoms with Crippen LogP contribution in [0, 0.1) is 6.92 Å². The number of hydrogen-bond donors (Lipinski definition) is 2. The van der Waals surface area contributed by atoms with Crippen LogP contribution in [0.25, 0.3) is 0 Å². The monoisotopic (exact) mass is 501 g/mol. The van der Waals surface area contributed by atoms with Gasteiger partial charge in [0, 0.05) is 46.0 Å². The Morgan fingerprint density at radius 2 is 1.89 bits per heavy atom. The summed E-state index contributed by atoms with van der Waals surface area (Å²) in [6.07, 6.45) is 4.87. The first kappa shape index (κ1) is 23.6. The topological polar surface area (TPSA) is 71.1 Å². The van der Waals surface area contributed by atoms with Crippen molar-refractivity contribution in [1.29, 1.82) is 0 Å². The Morgan fingerprint density at radius 3 is 2.60 bits per heavy atom. The van der Waals surface area contributed by atoms with Crippen molar-refractivity contribution in [3.63, 3.8) is 0 Å². The number of thioether (sulfide) groups is 1. The van der Waals surface area contributed by atoms with E-state index >= 15 is 0 Å². The molecule has 3 heterocycles. The second kappa shape index (κ2) is 9.84. The Kier molecular flexibility index (Phi) is 6.62. The number of allylic oxidation sites excluding steroid dienone is 3. The lowest BCUT2D eigenvalue weighted by Crippen LogP contribution is -2.37. The van der Waals surface area contributed by atoms with E-state index in [1.165, 1.54) is 5.56 Å². The summed E-state index contributed by atoms with van der Waals surface area (Å²) in [5.41, 5.74) is 5.21. The highest BCUT2D eigenvalue weighted by Gasteiger charge is 2.42. The smallest absolute Gasteiger partial charge is 0.255 e. The summed E-state index contributed by atoms with van der Waals surface area (Å²) in [5, 5.41) is 6.41. The van der Waals surface area contributed by atoms with Crippen molar-refractivity contribution in [3.05, 3.63) is 99.3 Å². The number of carbonyl (C=O) groups excluding carboxylic acids is 2. The van der Waals surface area contributed by atoms with E-state index < -0.39 is 5.92 Å². The summed E-state index contributed by atoms with van der Waals surface area (Å²) in [7, 11) is 0. The van der Waals surface area contributed by atoms with Gasteiger partial charge in [0.25, 0.3) is 5.91 Å². The molecule has 178 valence electrons. The van der Waals surface area contributed by atoms with Gasteiger partial charge in [-0.3, -0.25) is 9.59 Å². The van der Waals surface area contributed by atoms with E-state index in [1.807, 2.05) is 43.5 Å². The average Bonchev–Trinajstić information content (AvgIpc) is 3.24. The zero-order valence-corrected chi connectivity index (χ0v) is 21.6. The lowest BCUT2D eigenvalue weighted by atomic mass is 9.72. The summed E-state index contributed by atoms with van der Waals surface area (Å²) in [6, 6.07) is 17.8. The molecular formula is C28H27N3O2S2. The molecule has 7 heteroatoms. The largest absolute Gasteiger partial charge is 0.362 e. The molecule has 2 aliphatic rings. The van der Waals surface area contributed by atoms with Crippen LogP contribution in [0.2, 0.25) is 0 Å². The van der Waals surface area contributed by atoms with Crippen LogP contribution in [-0.2, 0) is 9.59 Å². The molecule has 1 aromatic carbocycles. The normalized spacial score (nSPS) is 19.9. The van der Waals surface area contributed by atoms with Gasteiger partial charge in [-0.25, -0.2) is 4.98 Å². The molecule has 2 N–H and O–H groups in total. The fraction of sp³-hybridized carbons (Fsp3) is 0.250. The summed E-state index contributed by atoms with van der Waals surface area (Å²) >= 11 is 3.37. The predicted octanol–water partition coefficient (Wildman–Crippen LogP) is 6.17. The van der Waals surface area contributed by atoms with Gasteiger partial charge in [-0.15, -0.1) is 23.1 Å². The Bertz CT molecular complexity index is 1340. The van der Waals surface area contributed by atoms with Crippen LogP contribution in [-0.4, -0.2) is 22.9 Å². The van der Waals surface area contributed by atoms with E-state index in [0.717, 1.165) is 38.0 Å². The Balaban J connectivity index is 1.60. The zero-order chi connectivity index (χ0) is 24.5. The Hall–Kier alpha value is -3.16. The number of thiophene rings is 1. The van der Waals surface area contributed by atoms with Gasteiger partial charge >= 0.3 is 0 Å². The lowest BCUT2D eigenvalue weighted by Gasteiger charge is -2.37. The van der Waals surface area contributed by atoms with Crippen LogP contribution in [0.15, 0.2) is 87.5 Å². The van der Waals surface area contributed by atoms with Crippen LogP contribution in [0.5, 0.6) is 0 Å². The van der Waals surface area contributed by atoms with Crippen LogP contribution in [0.1, 0.15) is 47.6 Å². The molecule has 35 heavy (non-hydrogen) atoms. The number of rotatable bonds is 5. The molecular weight excluding hydrogens is 474 g/mol. The predicted molar refractivity (Wildman–Crippen MR) is 143 cm³/mol. The fourth-order valence-corrected chi connectivity index (χ4v) is 7.02. The number of hydrogen-bond acceptors (Lipinski definition) is 6. The number of pyridine rings is 1. The molecule has 1 aliphatic heterocycles. The molecule has 1 aliphatic carbocycles. The Labute approximate surface area is 213 Å². The molecule has 0 fully saturated rings. The van der Waals surface area contributed by atoms with Gasteiger partial charge in [0.1, 0.15) is 5.82 Å². The third kappa shape index (κ3) is 4.58. The van der Waals surface area contributed by atoms with Gasteiger partial charge in [-0.2, -0.15) is 0 Å². The number of benzene rings is 1. The number of dihydropyridines is 1. The molecule has 1 amide bonds. The van der Waals surface area contributed by atoms with Crippen molar-refractivity contribution in [2.75, 3.05) is 11.6 Å². The molecule has 5 nitrogen and oxygen atoms in total. The van der Waals surface area contributed by atoms with Gasteiger partial charge in [0.15, 0.2) is 5.78 Å². The van der Waals surface area contributed by atoms with Crippen molar-refractivity contribution < 1.29 is 9.59 Å². The highest BCUT2D eigenvalue weighted by Crippen LogP contribution is 2.49. The number of anilines is 1. The third-order valence-corrected chi connectivity index (χ3v) is 8.81. The number of amides is 1. The van der Waals surface area contributed by atoms with Gasteiger partial charge in [-0.05, 0) is 61.8 Å². The van der Waals surface area contributed by atoms with Gasteiger partial charge in [-0.1, -0.05) is 36.4 Å². The van der Waals surface area contributed by atoms with Crippen molar-refractivity contribution >= 4 is 40.6 Å². The lowest BCUT2D eigenvalue weighted by molar-refractivity contribution is -0.116. The molecule has 0 radical (unpaired) electrons. The summed E-state index contributed by atoms with van der Waals surface area (Å²) < 4.78 is 1.13. The van der Waals surface area contributed by atoms with E-state index in [1.54, 1.807) is 35.4 Å². The highest BCUT2D eigenvalue weighted by molar-refractivity contribution is 8.00. The highest BCUT2D eigenvalue weighted by atomic mass is 32.2. The first-order valence-corrected chi connectivity index (χ1v) is 13.7. The van der Waals surface area contributed by atoms with E-state index in [9.17, 15) is 9.59 Å². The van der Waals surface area contributed by atoms with Crippen molar-refractivity contribution in [2.45, 2.75) is 42.7 Å². The maximum Gasteiger partial charge on any atom is 0.255 e. The number of aryl methyl sites for hydroxylation is 1. The molecule has 2 aromatic heterocycles. The molecule has 0 saturated carbocycles. The molecule has 0 bridgehead atoms. The van der Waals surface area contributed by atoms with Crippen molar-refractivity contribution in [3.8, 4) is 0 Å². The molecule has 2 unspecified atom stereocenters. The van der Waals surface area contributed by atoms with E-state index in [0.29, 0.717) is 17.8 Å². The van der Waals surface area contributed by atoms with Crippen LogP contribution in [0.4, 0.5) is 5.82 Å². The number of nitrogens with zero attached hydrogens (tertiary/aromatic N) is 1. The van der Waals surface area contributed by atoms with Gasteiger partial charge < -0.3 is 10.6 Å². The standard InChI is InChI=1S/C28H27N3O2S2/c1-16-13-20(28(34-3)35-16)25-24(27(33)31-23-11-7-8-12-29-23)17(2)30-21-14-19(15-22(32)26(21)25)18-9-5-4-6-10-18/h4-13,19,25,30H,14-15H2,1-3H3,(H,29,31,33). The number of aromatic nitrogens is 1. The molecule has 2 atom stereocenters. The third-order valence-electron chi connectivity index (χ3n) is 6.59. The summed E-state index contributed by atoms with van der Waals surface area (Å²) in [6.45, 7) is 4.00. The molecule has 0 spiro atoms. The minimum atomic E-state index is -0.411. The van der Waals surface area contributed by atoms with Crippen molar-refractivity contribution in [2.24, 2.45) is 0 Å². The first-order valence-electron chi connectivity index (χ1n) is 11.6. The van der Waals surface area contributed by atoms with Crippen LogP contribution >= 0.6 is 23.1 Å². The number of carbonyl (C=O) groups is 2. The number of ketones is 1. The van der Waals surface area contributed by atoms with Gasteiger partial charge in [0.2, 0.25) is 0 Å². The maximum atomic E-state index is 13.8. The minimum Gasteiger partial charge on any atom is -0.362 e. The van der Waals surface area contributed by atoms with E-state index in [4.69, 9.17) is 0 Å². The summed E-state index contributed by atoms with van der Waals surface area (Å²) in [4.78, 5) is 32.8. The van der Waals surface area contributed by atoms with Gasteiger partial charge in [0.05, 0.1) is 4.21 Å². The molecule has 3 aromatic rings. The minimum absolute atomic E-state index is 0.101. The fourth-order valence-electron chi connectivity index (χ4n) is 5.11. The first-order chi connectivity index (χ1) is 17.0. The second-order valence-electron chi connectivity index (χ2n) is 8.90. The molecule has 0 saturated heterocycles. The zero-order valence-electron chi connectivity index (χ0n) is 19.9. The summed E-state index contributed by atoms with van der Waals surface area (Å²) in [5.74, 6) is 0.0634. The Morgan fingerprint density at radius 1 is 1.11 bits per heavy atom. The number of nitrogens with one attached hydrogen (secondary N) is 2. The van der Waals surface area contributed by atoms with Crippen LogP contribution < -0.4 is 10.6 Å². The number of Topliss-reactive ketones (excluding diaryl/α,β-unsaturated/α-hetero) is 1. The van der Waals surface area contributed by atoms with Crippen LogP contribution in [0.3, 0.4) is 0 Å². The maximum absolute atomic E-state index is 13.8. The second-order valence-corrected chi connectivity index (χ2v) is 11.2. The quantitative estimate of drug-likeness (QED) is 0.409. The SMILES string of the molecule is CSc1sc(C)cc1C1C(C(=O)Nc2ccccn2)=C(C)NC2=C1C(=O)CC(c1ccccc1)C2. The van der Waals surface area contributed by atoms with Crippen molar-refractivity contribution in [1.82, 2.24) is 10.3 Å². The van der Waals surface area contributed by atoms with E-state index in [2.05, 4.69) is 40.7 Å². The molecule has 5 rings (SSSR count).